The average Bonchev–Trinajstić information content (AvgIpc) is 3.56. The third kappa shape index (κ3) is 4.01. The summed E-state index contributed by atoms with van der Waals surface area (Å²) in [5.74, 6) is 1.75. The highest BCUT2D eigenvalue weighted by molar-refractivity contribution is 8.00. The number of nitrogens with zero attached hydrogens (tertiary/aromatic N) is 4. The monoisotopic (exact) mass is 418 g/mol. The van der Waals surface area contributed by atoms with Crippen molar-refractivity contribution in [1.82, 2.24) is 19.7 Å². The maximum Gasteiger partial charge on any atom is 0.236 e. The van der Waals surface area contributed by atoms with Crippen molar-refractivity contribution in [3.63, 3.8) is 0 Å². The number of thioether (sulfide) groups is 1. The summed E-state index contributed by atoms with van der Waals surface area (Å²) < 4.78 is 2.22. The minimum absolute atomic E-state index is 0.178. The van der Waals surface area contributed by atoms with Crippen LogP contribution in [0, 0.1) is 0 Å². The van der Waals surface area contributed by atoms with E-state index >= 15 is 0 Å². The number of rotatable bonds is 6. The first kappa shape index (κ1) is 19.4. The van der Waals surface area contributed by atoms with Gasteiger partial charge in [0, 0.05) is 19.0 Å². The summed E-state index contributed by atoms with van der Waals surface area (Å²) >= 11 is 1.54. The lowest BCUT2D eigenvalue weighted by Gasteiger charge is -2.30. The summed E-state index contributed by atoms with van der Waals surface area (Å²) in [5.41, 5.74) is 3.85. The number of fused-ring (bicyclic) bond motifs is 1. The van der Waals surface area contributed by atoms with Crippen molar-refractivity contribution >= 4 is 17.7 Å². The molecule has 0 N–H and O–H groups in total. The van der Waals surface area contributed by atoms with Gasteiger partial charge in [-0.2, -0.15) is 0 Å². The van der Waals surface area contributed by atoms with Gasteiger partial charge in [-0.3, -0.25) is 4.79 Å². The maximum atomic E-state index is 13.2. The van der Waals surface area contributed by atoms with Gasteiger partial charge in [0.2, 0.25) is 5.91 Å². The van der Waals surface area contributed by atoms with Gasteiger partial charge in [-0.15, -0.1) is 10.2 Å². The lowest BCUT2D eigenvalue weighted by Crippen LogP contribution is -2.40. The van der Waals surface area contributed by atoms with Crippen molar-refractivity contribution in [2.24, 2.45) is 0 Å². The molecule has 1 saturated carbocycles. The highest BCUT2D eigenvalue weighted by Crippen LogP contribution is 2.40. The molecule has 2 aromatic carbocycles. The van der Waals surface area contributed by atoms with Crippen molar-refractivity contribution in [2.75, 3.05) is 6.54 Å². The zero-order valence-corrected chi connectivity index (χ0v) is 18.0. The number of aromatic nitrogens is 3. The zero-order chi connectivity index (χ0) is 20.5. The molecule has 0 radical (unpaired) electrons. The molecule has 2 heterocycles. The number of hydrogen-bond donors (Lipinski definition) is 0. The van der Waals surface area contributed by atoms with E-state index in [-0.39, 0.29) is 11.2 Å². The SMILES string of the molecule is CC(Sc1nnc(C2CC2)n1Cc1ccccc1)C(=O)N1CCc2ccccc2C1. The Kier molecular flexibility index (Phi) is 5.34. The maximum absolute atomic E-state index is 13.2. The van der Waals surface area contributed by atoms with Crippen molar-refractivity contribution in [3.8, 4) is 0 Å². The Morgan fingerprint density at radius 2 is 1.80 bits per heavy atom. The second kappa shape index (κ2) is 8.26. The number of carbonyl (C=O) groups is 1. The number of hydrogen-bond acceptors (Lipinski definition) is 4. The van der Waals surface area contributed by atoms with E-state index in [1.165, 1.54) is 41.3 Å². The van der Waals surface area contributed by atoms with Crippen LogP contribution in [0.25, 0.3) is 0 Å². The van der Waals surface area contributed by atoms with E-state index in [0.717, 1.165) is 30.5 Å². The summed E-state index contributed by atoms with van der Waals surface area (Å²) in [6, 6.07) is 18.8. The molecule has 1 atom stereocenters. The number of amides is 1. The molecule has 3 aromatic rings. The molecule has 5 nitrogen and oxygen atoms in total. The normalized spacial score (nSPS) is 16.9. The van der Waals surface area contributed by atoms with Gasteiger partial charge in [-0.1, -0.05) is 66.4 Å². The first-order valence-corrected chi connectivity index (χ1v) is 11.6. The molecule has 1 aliphatic heterocycles. The van der Waals surface area contributed by atoms with Gasteiger partial charge in [0.05, 0.1) is 11.8 Å². The van der Waals surface area contributed by atoms with Crippen LogP contribution in [0.2, 0.25) is 0 Å². The average molecular weight is 419 g/mol. The smallest absolute Gasteiger partial charge is 0.236 e. The third-order valence-corrected chi connectivity index (χ3v) is 7.01. The molecule has 154 valence electrons. The van der Waals surface area contributed by atoms with E-state index in [1.807, 2.05) is 17.9 Å². The fourth-order valence-corrected chi connectivity index (χ4v) is 5.03. The van der Waals surface area contributed by atoms with Crippen molar-refractivity contribution in [2.45, 2.75) is 55.6 Å². The second-order valence-corrected chi connectivity index (χ2v) is 9.53. The molecule has 1 unspecified atom stereocenters. The van der Waals surface area contributed by atoms with Crippen LogP contribution in [0.5, 0.6) is 0 Å². The van der Waals surface area contributed by atoms with Gasteiger partial charge in [-0.05, 0) is 42.9 Å². The lowest BCUT2D eigenvalue weighted by molar-refractivity contribution is -0.131. The summed E-state index contributed by atoms with van der Waals surface area (Å²) in [5, 5.41) is 9.63. The molecule has 1 fully saturated rings. The minimum Gasteiger partial charge on any atom is -0.337 e. The van der Waals surface area contributed by atoms with Crippen molar-refractivity contribution < 1.29 is 4.79 Å². The molecule has 1 amide bonds. The van der Waals surface area contributed by atoms with E-state index in [1.54, 1.807) is 0 Å². The Morgan fingerprint density at radius 1 is 1.07 bits per heavy atom. The van der Waals surface area contributed by atoms with Gasteiger partial charge in [0.1, 0.15) is 5.82 Å². The molecular weight excluding hydrogens is 392 g/mol. The fourth-order valence-electron chi connectivity index (χ4n) is 4.09. The molecule has 5 rings (SSSR count). The van der Waals surface area contributed by atoms with Crippen LogP contribution in [-0.2, 0) is 24.3 Å². The van der Waals surface area contributed by atoms with Gasteiger partial charge in [0.25, 0.3) is 0 Å². The van der Waals surface area contributed by atoms with E-state index in [2.05, 4.69) is 63.3 Å². The van der Waals surface area contributed by atoms with Gasteiger partial charge < -0.3 is 9.47 Å². The second-order valence-electron chi connectivity index (χ2n) is 8.23. The molecular formula is C24H26N4OS. The lowest BCUT2D eigenvalue weighted by atomic mass is 10.00. The van der Waals surface area contributed by atoms with Crippen LogP contribution in [0.3, 0.4) is 0 Å². The molecule has 30 heavy (non-hydrogen) atoms. The Bertz CT molecular complexity index is 1040. The Labute approximate surface area is 181 Å². The molecule has 0 saturated heterocycles. The van der Waals surface area contributed by atoms with Crippen molar-refractivity contribution in [3.05, 3.63) is 77.1 Å². The molecule has 2 aliphatic rings. The fraction of sp³-hybridized carbons (Fsp3) is 0.375. The molecule has 1 aliphatic carbocycles. The van der Waals surface area contributed by atoms with E-state index in [9.17, 15) is 4.79 Å². The van der Waals surface area contributed by atoms with Gasteiger partial charge >= 0.3 is 0 Å². The standard InChI is InChI=1S/C24H26N4OS/c1-17(23(29)27-14-13-19-9-5-6-10-21(19)16-27)30-24-26-25-22(20-11-12-20)28(24)15-18-7-3-2-4-8-18/h2-10,17,20H,11-16H2,1H3. The van der Waals surface area contributed by atoms with E-state index in [0.29, 0.717) is 12.5 Å². The molecule has 1 aromatic heterocycles. The van der Waals surface area contributed by atoms with Crippen LogP contribution in [0.4, 0.5) is 0 Å². The highest BCUT2D eigenvalue weighted by Gasteiger charge is 2.32. The Hall–Kier alpha value is -2.60. The van der Waals surface area contributed by atoms with Gasteiger partial charge in [-0.25, -0.2) is 0 Å². The topological polar surface area (TPSA) is 51.0 Å². The predicted octanol–water partition coefficient (Wildman–Crippen LogP) is 4.27. The number of carbonyl (C=O) groups excluding carboxylic acids is 1. The third-order valence-electron chi connectivity index (χ3n) is 5.94. The molecule has 6 heteroatoms. The number of benzene rings is 2. The Morgan fingerprint density at radius 3 is 2.57 bits per heavy atom. The van der Waals surface area contributed by atoms with E-state index < -0.39 is 0 Å². The summed E-state index contributed by atoms with van der Waals surface area (Å²) in [7, 11) is 0. The van der Waals surface area contributed by atoms with Gasteiger partial charge in [0.15, 0.2) is 5.16 Å². The zero-order valence-electron chi connectivity index (χ0n) is 17.2. The highest BCUT2D eigenvalue weighted by atomic mass is 32.2. The first-order chi connectivity index (χ1) is 14.7. The molecule has 0 spiro atoms. The first-order valence-electron chi connectivity index (χ1n) is 10.7. The quantitative estimate of drug-likeness (QED) is 0.561. The predicted molar refractivity (Wildman–Crippen MR) is 118 cm³/mol. The van der Waals surface area contributed by atoms with Crippen LogP contribution in [0.1, 0.15) is 48.2 Å². The van der Waals surface area contributed by atoms with Crippen molar-refractivity contribution in [1.29, 1.82) is 0 Å². The minimum atomic E-state index is -0.193. The summed E-state index contributed by atoms with van der Waals surface area (Å²) in [6.45, 7) is 4.22. The largest absolute Gasteiger partial charge is 0.337 e. The van der Waals surface area contributed by atoms with Crippen LogP contribution in [0.15, 0.2) is 59.8 Å². The van der Waals surface area contributed by atoms with Crippen LogP contribution in [-0.4, -0.2) is 37.4 Å². The summed E-state index contributed by atoms with van der Waals surface area (Å²) in [4.78, 5) is 15.2. The summed E-state index contributed by atoms with van der Waals surface area (Å²) in [6.07, 6.45) is 3.29. The van der Waals surface area contributed by atoms with E-state index in [4.69, 9.17) is 0 Å². The van der Waals surface area contributed by atoms with Crippen LogP contribution < -0.4 is 0 Å². The molecule has 0 bridgehead atoms. The Balaban J connectivity index is 1.32. The van der Waals surface area contributed by atoms with Crippen LogP contribution >= 0.6 is 11.8 Å².